The summed E-state index contributed by atoms with van der Waals surface area (Å²) in [6.07, 6.45) is 1.67. The summed E-state index contributed by atoms with van der Waals surface area (Å²) in [5.74, 6) is 0.239. The fraction of sp³-hybridized carbons (Fsp3) is 0. The Balaban J connectivity index is 0.000000720. The molecule has 0 aliphatic carbocycles. The minimum absolute atomic E-state index is 0. The van der Waals surface area contributed by atoms with E-state index >= 15 is 0 Å². The number of nitrogens with zero attached hydrogens (tertiary/aromatic N) is 1. The molecule has 4 heteroatoms. The minimum atomic E-state index is 0. The van der Waals surface area contributed by atoms with Crippen LogP contribution in [0.1, 0.15) is 0 Å². The molecule has 1 aromatic heterocycles. The van der Waals surface area contributed by atoms with Gasteiger partial charge in [-0.2, -0.15) is 0 Å². The fourth-order valence-corrected chi connectivity index (χ4v) is 1.09. The maximum Gasteiger partial charge on any atom is 0.141 e. The molecule has 0 fully saturated rings. The minimum Gasteiger partial charge on any atom is -0.506 e. The van der Waals surface area contributed by atoms with E-state index in [1.807, 2.05) is 18.2 Å². The molecule has 13 heavy (non-hydrogen) atoms. The van der Waals surface area contributed by atoms with Gasteiger partial charge in [-0.15, -0.1) is 0 Å². The molecule has 1 heterocycles. The molecule has 2 aromatic rings. The van der Waals surface area contributed by atoms with Crippen LogP contribution in [0, 0.1) is 0 Å². The molecule has 0 atom stereocenters. The van der Waals surface area contributed by atoms with Crippen LogP contribution in [0.3, 0.4) is 0 Å². The van der Waals surface area contributed by atoms with Crippen LogP contribution in [-0.2, 0) is 0 Å². The van der Waals surface area contributed by atoms with E-state index in [0.717, 1.165) is 5.39 Å². The number of hydrogen-bond acceptors (Lipinski definition) is 2. The van der Waals surface area contributed by atoms with Gasteiger partial charge in [-0.1, -0.05) is 18.2 Å². The number of hydrogen-bond donors (Lipinski definition) is 1. The van der Waals surface area contributed by atoms with Crippen molar-refractivity contribution >= 4 is 48.9 Å². The van der Waals surface area contributed by atoms with E-state index in [1.54, 1.807) is 18.3 Å². The summed E-state index contributed by atoms with van der Waals surface area (Å²) in [5, 5.41) is 10.3. The molecule has 0 saturated carbocycles. The topological polar surface area (TPSA) is 33.1 Å². The molecule has 1 N–H and O–H groups in total. The van der Waals surface area contributed by atoms with Crippen LogP contribution >= 0.6 is 0 Å². The zero-order valence-electron chi connectivity index (χ0n) is 7.44. The predicted octanol–water partition coefficient (Wildman–Crippen LogP) is 1.18. The summed E-state index contributed by atoms with van der Waals surface area (Å²) < 4.78 is 0. The predicted molar refractivity (Wildman–Crippen MR) is 54.9 cm³/mol. The van der Waals surface area contributed by atoms with E-state index in [1.165, 1.54) is 0 Å². The van der Waals surface area contributed by atoms with Crippen LogP contribution in [0.15, 0.2) is 36.5 Å². The number of fused-ring (bicyclic) bond motifs is 1. The molecule has 4 radical (unpaired) electrons. The van der Waals surface area contributed by atoms with Crippen LogP contribution in [0.2, 0.25) is 0 Å². The Labute approximate surface area is 101 Å². The summed E-state index contributed by atoms with van der Waals surface area (Å²) in [6, 6.07) is 9.13. The van der Waals surface area contributed by atoms with Gasteiger partial charge in [0.1, 0.15) is 11.3 Å². The van der Waals surface area contributed by atoms with Gasteiger partial charge >= 0.3 is 0 Å². The second kappa shape index (κ2) is 5.27. The van der Waals surface area contributed by atoms with Crippen LogP contribution in [0.5, 0.6) is 5.75 Å². The smallest absolute Gasteiger partial charge is 0.141 e. The van der Waals surface area contributed by atoms with E-state index in [0.29, 0.717) is 5.52 Å². The third-order valence-corrected chi connectivity index (χ3v) is 1.61. The van der Waals surface area contributed by atoms with Crippen LogP contribution < -0.4 is 0 Å². The Morgan fingerprint density at radius 2 is 1.77 bits per heavy atom. The Morgan fingerprint density at radius 1 is 1.08 bits per heavy atom. The van der Waals surface area contributed by atoms with Crippen molar-refractivity contribution in [2.24, 2.45) is 0 Å². The van der Waals surface area contributed by atoms with Crippen LogP contribution in [0.4, 0.5) is 0 Å². The summed E-state index contributed by atoms with van der Waals surface area (Å²) >= 11 is 0. The first-order valence-corrected chi connectivity index (χ1v) is 3.40. The molecule has 0 aliphatic heterocycles. The van der Waals surface area contributed by atoms with Gasteiger partial charge in [-0.05, 0) is 12.1 Å². The Hall–Kier alpha value is -0.505. The first-order valence-electron chi connectivity index (χ1n) is 3.40. The van der Waals surface area contributed by atoms with Gasteiger partial charge in [-0.3, -0.25) is 4.98 Å². The van der Waals surface area contributed by atoms with Gasteiger partial charge in [-0.25, -0.2) is 0 Å². The van der Waals surface area contributed by atoms with Crippen molar-refractivity contribution in [2.45, 2.75) is 0 Å². The molecule has 2 nitrogen and oxygen atoms in total. The maximum atomic E-state index is 9.31. The molecular weight excluding hydrogens is 172 g/mol. The van der Waals surface area contributed by atoms with Crippen LogP contribution in [0.25, 0.3) is 10.9 Å². The van der Waals surface area contributed by atoms with Crippen molar-refractivity contribution in [3.8, 4) is 5.75 Å². The molecule has 0 bridgehead atoms. The second-order valence-electron chi connectivity index (χ2n) is 2.35. The first kappa shape index (κ1) is 12.5. The number of para-hydroxylation sites is 1. The summed E-state index contributed by atoms with van der Waals surface area (Å²) in [4.78, 5) is 4.03. The number of pyridine rings is 1. The average molecular weight is 179 g/mol. The monoisotopic (exact) mass is 179 g/mol. The van der Waals surface area contributed by atoms with Crippen molar-refractivity contribution in [3.63, 3.8) is 0 Å². The third kappa shape index (κ3) is 2.47. The first-order chi connectivity index (χ1) is 5.38. The number of rotatable bonds is 0. The van der Waals surface area contributed by atoms with Gasteiger partial charge in [0, 0.05) is 49.6 Å². The van der Waals surface area contributed by atoms with E-state index in [4.69, 9.17) is 0 Å². The SMILES string of the molecule is Oc1cccc2cccnc12.[B].[Na]. The molecule has 58 valence electrons. The van der Waals surface area contributed by atoms with Gasteiger partial charge in [0.25, 0.3) is 0 Å². The van der Waals surface area contributed by atoms with Gasteiger partial charge < -0.3 is 5.11 Å². The van der Waals surface area contributed by atoms with Gasteiger partial charge in [0.15, 0.2) is 0 Å². The Morgan fingerprint density at radius 3 is 2.46 bits per heavy atom. The fourth-order valence-electron chi connectivity index (χ4n) is 1.09. The zero-order valence-corrected chi connectivity index (χ0v) is 9.44. The summed E-state index contributed by atoms with van der Waals surface area (Å²) in [6.45, 7) is 0. The normalized spacial score (nSPS) is 8.62. The Bertz CT molecular complexity index is 389. The third-order valence-electron chi connectivity index (χ3n) is 1.61. The van der Waals surface area contributed by atoms with Crippen molar-refractivity contribution in [1.29, 1.82) is 0 Å². The number of aromatic hydroxyl groups is 1. The average Bonchev–Trinajstić information content (AvgIpc) is 2.06. The van der Waals surface area contributed by atoms with Crippen molar-refractivity contribution < 1.29 is 5.11 Å². The van der Waals surface area contributed by atoms with Crippen molar-refractivity contribution in [2.75, 3.05) is 0 Å². The van der Waals surface area contributed by atoms with E-state index in [-0.39, 0.29) is 43.7 Å². The van der Waals surface area contributed by atoms with E-state index < -0.39 is 0 Å². The Kier molecular flexibility index (Phi) is 5.07. The van der Waals surface area contributed by atoms with E-state index in [2.05, 4.69) is 4.98 Å². The molecule has 0 unspecified atom stereocenters. The molecule has 1 aromatic carbocycles. The maximum absolute atomic E-state index is 9.31. The molecule has 0 spiro atoms. The quantitative estimate of drug-likeness (QED) is 0.616. The molecule has 0 saturated heterocycles. The van der Waals surface area contributed by atoms with Gasteiger partial charge in [0.05, 0.1) is 0 Å². The van der Waals surface area contributed by atoms with Crippen molar-refractivity contribution in [3.05, 3.63) is 36.5 Å². The van der Waals surface area contributed by atoms with E-state index in [9.17, 15) is 5.11 Å². The second-order valence-corrected chi connectivity index (χ2v) is 2.35. The number of benzene rings is 1. The number of aromatic nitrogens is 1. The summed E-state index contributed by atoms with van der Waals surface area (Å²) in [5.41, 5.74) is 0.662. The molecule has 2 rings (SSSR count). The largest absolute Gasteiger partial charge is 0.506 e. The van der Waals surface area contributed by atoms with Crippen molar-refractivity contribution in [1.82, 2.24) is 4.98 Å². The number of phenolic OH excluding ortho intramolecular Hbond substituents is 1. The molecule has 0 amide bonds. The van der Waals surface area contributed by atoms with Gasteiger partial charge in [0.2, 0.25) is 0 Å². The van der Waals surface area contributed by atoms with Crippen LogP contribution in [-0.4, -0.2) is 48.1 Å². The standard InChI is InChI=1S/C9H7NO.B.Na/c11-8-5-1-3-7-4-2-6-10-9(7)8;;/h1-6,11H;;. The summed E-state index contributed by atoms with van der Waals surface area (Å²) in [7, 11) is 0. The zero-order chi connectivity index (χ0) is 7.68. The molecular formula is C9H7BNNaO. The number of phenols is 1. The molecule has 0 aliphatic rings.